The molecule has 4 nitrogen and oxygen atoms in total. The Hall–Kier alpha value is -1.35. The minimum absolute atomic E-state index is 0.0392. The van der Waals surface area contributed by atoms with Gasteiger partial charge in [0.1, 0.15) is 0 Å². The largest absolute Gasteiger partial charge is 0.326 e. The van der Waals surface area contributed by atoms with Crippen molar-refractivity contribution >= 4 is 10.0 Å². The Kier molecular flexibility index (Phi) is 6.03. The molecule has 104 valence electrons. The first-order valence-corrected chi connectivity index (χ1v) is 7.83. The molecule has 19 heavy (non-hydrogen) atoms. The fourth-order valence-electron chi connectivity index (χ4n) is 1.82. The first-order valence-electron chi connectivity index (χ1n) is 6.22. The third-order valence-corrected chi connectivity index (χ3v) is 4.51. The molecule has 0 heterocycles. The van der Waals surface area contributed by atoms with Gasteiger partial charge in [-0.2, -0.15) is 4.31 Å². The molecule has 0 bridgehead atoms. The number of hydrogen-bond donors (Lipinski definition) is 1. The molecule has 0 radical (unpaired) electrons. The summed E-state index contributed by atoms with van der Waals surface area (Å²) in [5, 5.41) is 0. The third-order valence-electron chi connectivity index (χ3n) is 2.71. The van der Waals surface area contributed by atoms with Crippen molar-refractivity contribution in [3.8, 4) is 12.3 Å². The Labute approximate surface area is 115 Å². The highest BCUT2D eigenvalue weighted by Gasteiger charge is 2.20. The molecule has 0 saturated heterocycles. The molecule has 0 saturated carbocycles. The van der Waals surface area contributed by atoms with Crippen molar-refractivity contribution in [1.29, 1.82) is 0 Å². The maximum absolute atomic E-state index is 12.3. The molecule has 0 aliphatic carbocycles. The van der Waals surface area contributed by atoms with E-state index < -0.39 is 10.0 Å². The maximum atomic E-state index is 12.3. The molecule has 0 atom stereocenters. The lowest BCUT2D eigenvalue weighted by atomic mass is 10.1. The van der Waals surface area contributed by atoms with Crippen LogP contribution in [0.1, 0.15) is 24.5 Å². The lowest BCUT2D eigenvalue weighted by Crippen LogP contribution is -2.33. The van der Waals surface area contributed by atoms with E-state index in [1.165, 1.54) is 4.31 Å². The molecule has 5 heteroatoms. The zero-order valence-electron chi connectivity index (χ0n) is 11.2. The number of nitrogens with two attached hydrogens (primary N) is 1. The van der Waals surface area contributed by atoms with Crippen molar-refractivity contribution in [2.24, 2.45) is 5.73 Å². The van der Waals surface area contributed by atoms with Crippen molar-refractivity contribution in [2.75, 3.05) is 13.1 Å². The summed E-state index contributed by atoms with van der Waals surface area (Å²) in [5.41, 5.74) is 7.21. The van der Waals surface area contributed by atoms with Gasteiger partial charge in [-0.3, -0.25) is 0 Å². The number of hydrogen-bond acceptors (Lipinski definition) is 3. The van der Waals surface area contributed by atoms with Gasteiger partial charge in [-0.25, -0.2) is 8.42 Å². The van der Waals surface area contributed by atoms with E-state index in [-0.39, 0.29) is 12.3 Å². The van der Waals surface area contributed by atoms with Gasteiger partial charge in [-0.05, 0) is 17.5 Å². The number of benzene rings is 1. The molecule has 1 rings (SSSR count). The monoisotopic (exact) mass is 280 g/mol. The summed E-state index contributed by atoms with van der Waals surface area (Å²) in [7, 11) is -3.37. The molecule has 0 aliphatic heterocycles. The van der Waals surface area contributed by atoms with Gasteiger partial charge in [0.25, 0.3) is 0 Å². The van der Waals surface area contributed by atoms with Crippen LogP contribution in [0.25, 0.3) is 0 Å². The highest BCUT2D eigenvalue weighted by atomic mass is 32.2. The molecule has 0 fully saturated rings. The average molecular weight is 280 g/mol. The average Bonchev–Trinajstić information content (AvgIpc) is 2.38. The molecule has 1 aromatic carbocycles. The SMILES string of the molecule is C#CCN(CCC)S(=O)(=O)Cc1cccc(CN)c1. The highest BCUT2D eigenvalue weighted by Crippen LogP contribution is 2.13. The van der Waals surface area contributed by atoms with E-state index in [9.17, 15) is 8.42 Å². The minimum atomic E-state index is -3.37. The summed E-state index contributed by atoms with van der Waals surface area (Å²) in [4.78, 5) is 0. The highest BCUT2D eigenvalue weighted by molar-refractivity contribution is 7.88. The third kappa shape index (κ3) is 4.67. The van der Waals surface area contributed by atoms with Crippen molar-refractivity contribution in [1.82, 2.24) is 4.31 Å². The predicted molar refractivity (Wildman–Crippen MR) is 77.7 cm³/mol. The van der Waals surface area contributed by atoms with E-state index in [0.29, 0.717) is 13.1 Å². The normalized spacial score (nSPS) is 11.5. The van der Waals surface area contributed by atoms with Crippen LogP contribution in [0.4, 0.5) is 0 Å². The smallest absolute Gasteiger partial charge is 0.219 e. The van der Waals surface area contributed by atoms with Crippen molar-refractivity contribution in [3.63, 3.8) is 0 Å². The van der Waals surface area contributed by atoms with Crippen LogP contribution in [0.5, 0.6) is 0 Å². The summed E-state index contributed by atoms with van der Waals surface area (Å²) in [6, 6.07) is 7.30. The van der Waals surface area contributed by atoms with Gasteiger partial charge in [-0.1, -0.05) is 37.1 Å². The van der Waals surface area contributed by atoms with Gasteiger partial charge in [0.15, 0.2) is 0 Å². The standard InChI is InChI=1S/C14H20N2O2S/c1-3-8-16(9-4-2)19(17,18)12-14-7-5-6-13(10-14)11-15/h1,5-7,10H,4,8-9,11-12,15H2,2H3. The molecular formula is C14H20N2O2S. The minimum Gasteiger partial charge on any atom is -0.326 e. The Balaban J connectivity index is 2.90. The summed E-state index contributed by atoms with van der Waals surface area (Å²) in [6.45, 7) is 2.89. The van der Waals surface area contributed by atoms with Crippen LogP contribution in [0.15, 0.2) is 24.3 Å². The van der Waals surface area contributed by atoms with Crippen LogP contribution in [-0.2, 0) is 22.3 Å². The van der Waals surface area contributed by atoms with E-state index in [1.54, 1.807) is 6.07 Å². The lowest BCUT2D eigenvalue weighted by Gasteiger charge is -2.19. The number of nitrogens with zero attached hydrogens (tertiary/aromatic N) is 1. The van der Waals surface area contributed by atoms with E-state index in [2.05, 4.69) is 5.92 Å². The summed E-state index contributed by atoms with van der Waals surface area (Å²) in [6.07, 6.45) is 5.96. The number of rotatable bonds is 7. The zero-order chi connectivity index (χ0) is 14.3. The van der Waals surface area contributed by atoms with E-state index in [1.807, 2.05) is 25.1 Å². The maximum Gasteiger partial charge on any atom is 0.219 e. The van der Waals surface area contributed by atoms with Gasteiger partial charge in [0.2, 0.25) is 10.0 Å². The van der Waals surface area contributed by atoms with E-state index in [0.717, 1.165) is 17.5 Å². The summed E-state index contributed by atoms with van der Waals surface area (Å²) >= 11 is 0. The van der Waals surface area contributed by atoms with Crippen LogP contribution in [0.3, 0.4) is 0 Å². The van der Waals surface area contributed by atoms with Gasteiger partial charge >= 0.3 is 0 Å². The van der Waals surface area contributed by atoms with Crippen molar-refractivity contribution in [3.05, 3.63) is 35.4 Å². The topological polar surface area (TPSA) is 63.4 Å². The molecule has 0 aromatic heterocycles. The second kappa shape index (κ2) is 7.29. The summed E-state index contributed by atoms with van der Waals surface area (Å²) in [5.74, 6) is 2.35. The fourth-order valence-corrected chi connectivity index (χ4v) is 3.33. The molecule has 0 unspecified atom stereocenters. The lowest BCUT2D eigenvalue weighted by molar-refractivity contribution is 0.445. The first kappa shape index (κ1) is 15.7. The molecular weight excluding hydrogens is 260 g/mol. The van der Waals surface area contributed by atoms with Gasteiger partial charge in [-0.15, -0.1) is 6.42 Å². The first-order chi connectivity index (χ1) is 9.03. The number of sulfonamides is 1. The van der Waals surface area contributed by atoms with Gasteiger partial charge < -0.3 is 5.73 Å². The van der Waals surface area contributed by atoms with Gasteiger partial charge in [0.05, 0.1) is 12.3 Å². The summed E-state index contributed by atoms with van der Waals surface area (Å²) < 4.78 is 25.9. The number of terminal acetylenes is 1. The van der Waals surface area contributed by atoms with Crippen molar-refractivity contribution in [2.45, 2.75) is 25.6 Å². The van der Waals surface area contributed by atoms with Crippen LogP contribution >= 0.6 is 0 Å². The predicted octanol–water partition coefficient (Wildman–Crippen LogP) is 1.32. The van der Waals surface area contributed by atoms with E-state index in [4.69, 9.17) is 12.2 Å². The fraction of sp³-hybridized carbons (Fsp3) is 0.429. The second-order valence-corrected chi connectivity index (χ2v) is 6.29. The van der Waals surface area contributed by atoms with Crippen LogP contribution in [0.2, 0.25) is 0 Å². The van der Waals surface area contributed by atoms with Gasteiger partial charge in [0, 0.05) is 13.1 Å². The van der Waals surface area contributed by atoms with Crippen LogP contribution < -0.4 is 5.73 Å². The van der Waals surface area contributed by atoms with Crippen LogP contribution in [-0.4, -0.2) is 25.8 Å². The van der Waals surface area contributed by atoms with Crippen LogP contribution in [0, 0.1) is 12.3 Å². The second-order valence-electron chi connectivity index (χ2n) is 4.32. The zero-order valence-corrected chi connectivity index (χ0v) is 12.0. The molecule has 2 N–H and O–H groups in total. The van der Waals surface area contributed by atoms with E-state index >= 15 is 0 Å². The van der Waals surface area contributed by atoms with Crippen molar-refractivity contribution < 1.29 is 8.42 Å². The quantitative estimate of drug-likeness (QED) is 0.766. The molecule has 0 amide bonds. The molecule has 0 spiro atoms. The Morgan fingerprint density at radius 3 is 2.63 bits per heavy atom. The Morgan fingerprint density at radius 2 is 2.05 bits per heavy atom. The molecule has 1 aromatic rings. The Bertz CT molecular complexity index is 547. The molecule has 0 aliphatic rings. The Morgan fingerprint density at radius 1 is 1.37 bits per heavy atom.